The number of aliphatic imine (C=N–C) groups is 1. The maximum absolute atomic E-state index is 4.29. The minimum absolute atomic E-state index is 0.869. The number of hydrogen-bond donors (Lipinski definition) is 1. The lowest BCUT2D eigenvalue weighted by atomic mass is 9.90. The van der Waals surface area contributed by atoms with E-state index in [2.05, 4.69) is 82.9 Å². The van der Waals surface area contributed by atoms with Crippen molar-refractivity contribution >= 4 is 44.9 Å². The number of likely N-dealkylation sites (tertiary alicyclic amines) is 1. The number of hydrogen-bond acceptors (Lipinski definition) is 5. The van der Waals surface area contributed by atoms with Gasteiger partial charge in [0.05, 0.1) is 5.55 Å². The second-order valence-electron chi connectivity index (χ2n) is 8.68. The molecule has 2 heterocycles. The molecule has 4 rings (SSSR count). The van der Waals surface area contributed by atoms with Crippen molar-refractivity contribution in [2.24, 2.45) is 10.9 Å². The minimum Gasteiger partial charge on any atom is -0.373 e. The van der Waals surface area contributed by atoms with Crippen molar-refractivity contribution in [1.29, 1.82) is 0 Å². The second kappa shape index (κ2) is 13.1. The molecule has 0 unspecified atom stereocenters. The van der Waals surface area contributed by atoms with Crippen LogP contribution in [0.2, 0.25) is 0 Å². The molecule has 0 atom stereocenters. The first-order valence-electron chi connectivity index (χ1n) is 11.8. The molecule has 1 fully saturated rings. The number of fused-ring (bicyclic) bond motifs is 1. The Morgan fingerprint density at radius 2 is 1.88 bits per heavy atom. The number of aromatic nitrogens is 1. The summed E-state index contributed by atoms with van der Waals surface area (Å²) in [6, 6.07) is 17.1. The monoisotopic (exact) mass is 472 g/mol. The van der Waals surface area contributed by atoms with Crippen molar-refractivity contribution in [3.8, 4) is 0 Å². The fourth-order valence-electron chi connectivity index (χ4n) is 4.02. The second-order valence-corrected chi connectivity index (χ2v) is 9.62. The summed E-state index contributed by atoms with van der Waals surface area (Å²) in [5.74, 6) is 1.75. The highest BCUT2D eigenvalue weighted by Crippen LogP contribution is 2.27. The van der Waals surface area contributed by atoms with Crippen LogP contribution in [0.4, 0.5) is 5.82 Å². The molecule has 1 aliphatic heterocycles. The number of thioether (sulfide) groups is 1. The first-order valence-corrected chi connectivity index (χ1v) is 12.6. The van der Waals surface area contributed by atoms with Crippen LogP contribution in [0.25, 0.3) is 21.8 Å². The molecule has 34 heavy (non-hydrogen) atoms. The molecule has 5 heteroatoms. The van der Waals surface area contributed by atoms with Crippen molar-refractivity contribution in [3.63, 3.8) is 0 Å². The van der Waals surface area contributed by atoms with Gasteiger partial charge in [-0.2, -0.15) is 0 Å². The number of nitrogens with zero attached hydrogens (tertiary/aromatic N) is 3. The number of anilines is 1. The zero-order valence-corrected chi connectivity index (χ0v) is 21.4. The van der Waals surface area contributed by atoms with Crippen LogP contribution in [0, 0.1) is 5.92 Å². The fourth-order valence-corrected chi connectivity index (χ4v) is 4.52. The molecule has 4 nitrogen and oxygen atoms in total. The van der Waals surface area contributed by atoms with Crippen molar-refractivity contribution in [2.45, 2.75) is 19.3 Å². The van der Waals surface area contributed by atoms with Gasteiger partial charge in [0.15, 0.2) is 0 Å². The van der Waals surface area contributed by atoms with Crippen LogP contribution in [0.1, 0.15) is 29.5 Å². The molecule has 1 N–H and O–H groups in total. The Labute approximate surface area is 208 Å². The Morgan fingerprint density at radius 1 is 1.15 bits per heavy atom. The van der Waals surface area contributed by atoms with E-state index in [0.29, 0.717) is 0 Å². The van der Waals surface area contributed by atoms with Crippen LogP contribution in [0.3, 0.4) is 0 Å². The van der Waals surface area contributed by atoms with Gasteiger partial charge < -0.3 is 10.2 Å². The van der Waals surface area contributed by atoms with Gasteiger partial charge in [-0.3, -0.25) is 4.99 Å². The summed E-state index contributed by atoms with van der Waals surface area (Å²) in [4.78, 5) is 11.7. The van der Waals surface area contributed by atoms with Crippen molar-refractivity contribution in [3.05, 3.63) is 84.6 Å². The van der Waals surface area contributed by atoms with Gasteiger partial charge in [0.2, 0.25) is 0 Å². The van der Waals surface area contributed by atoms with E-state index in [1.165, 1.54) is 55.2 Å². The van der Waals surface area contributed by atoms with Gasteiger partial charge in [-0.1, -0.05) is 67.4 Å². The Morgan fingerprint density at radius 3 is 2.53 bits per heavy atom. The third-order valence-electron chi connectivity index (χ3n) is 6.18. The molecule has 0 radical (unpaired) electrons. The quantitative estimate of drug-likeness (QED) is 0.301. The molecule has 1 aromatic heterocycles. The zero-order chi connectivity index (χ0) is 24.3. The van der Waals surface area contributed by atoms with E-state index in [1.54, 1.807) is 12.6 Å². The summed E-state index contributed by atoms with van der Waals surface area (Å²) < 4.78 is 0. The molecule has 0 bridgehead atoms. The number of benzene rings is 2. The minimum atomic E-state index is 0.869. The van der Waals surface area contributed by atoms with Crippen molar-refractivity contribution in [2.75, 3.05) is 39.5 Å². The van der Waals surface area contributed by atoms with Crippen LogP contribution >= 0.6 is 11.8 Å². The lowest BCUT2D eigenvalue weighted by Gasteiger charge is -2.28. The topological polar surface area (TPSA) is 40.5 Å². The molecule has 0 aliphatic carbocycles. The number of piperidine rings is 1. The van der Waals surface area contributed by atoms with E-state index in [0.717, 1.165) is 33.0 Å². The van der Waals surface area contributed by atoms with Crippen LogP contribution in [-0.2, 0) is 6.42 Å². The van der Waals surface area contributed by atoms with E-state index in [1.807, 2.05) is 25.4 Å². The normalized spacial score (nSPS) is 14.6. The molecule has 3 aromatic rings. The van der Waals surface area contributed by atoms with Crippen molar-refractivity contribution in [1.82, 2.24) is 9.88 Å². The number of rotatable bonds is 7. The summed E-state index contributed by atoms with van der Waals surface area (Å²) in [7, 11) is 5.84. The molecule has 178 valence electrons. The van der Waals surface area contributed by atoms with E-state index in [-0.39, 0.29) is 0 Å². The van der Waals surface area contributed by atoms with Gasteiger partial charge in [0.25, 0.3) is 0 Å². The fraction of sp³-hybridized carbons (Fsp3) is 0.310. The standard InChI is InChI=1S/C15H21N.C14H15N3S/c1-3-13-4-6-14(7-5-13)12-15-8-10-16(2)11-9-15;1-10(18-9-15-2)11-4-5-12-8-17-14(16-3)7-13(12)6-11/h3-7,15H,1,8-12H2,2H3;4-9H,1H2,2-3H3,(H,16,17). The van der Waals surface area contributed by atoms with E-state index >= 15 is 0 Å². The van der Waals surface area contributed by atoms with Gasteiger partial charge in [0, 0.05) is 30.6 Å². The van der Waals surface area contributed by atoms with Gasteiger partial charge in [-0.05, 0) is 79.5 Å². The first-order chi connectivity index (χ1) is 16.5. The molecule has 1 saturated heterocycles. The zero-order valence-electron chi connectivity index (χ0n) is 20.6. The molecule has 1 aliphatic rings. The number of nitrogens with one attached hydrogen (secondary N) is 1. The van der Waals surface area contributed by atoms with Crippen LogP contribution in [-0.4, -0.2) is 49.7 Å². The molecular formula is C29H36N4S. The lowest BCUT2D eigenvalue weighted by molar-refractivity contribution is 0.219. The highest BCUT2D eigenvalue weighted by Gasteiger charge is 2.16. The third-order valence-corrected chi connectivity index (χ3v) is 7.01. The Bertz CT molecular complexity index is 1110. The SMILES string of the molecule is C=C(SC=NC)c1ccc2cnc(NC)cc2c1.C=Cc1ccc(CC2CCN(C)CC2)cc1. The highest BCUT2D eigenvalue weighted by atomic mass is 32.2. The summed E-state index contributed by atoms with van der Waals surface area (Å²) in [5.41, 5.74) is 5.59. The molecule has 0 amide bonds. The van der Waals surface area contributed by atoms with Crippen LogP contribution < -0.4 is 5.32 Å². The van der Waals surface area contributed by atoms with E-state index in [9.17, 15) is 0 Å². The van der Waals surface area contributed by atoms with Gasteiger partial charge in [-0.25, -0.2) is 4.98 Å². The largest absolute Gasteiger partial charge is 0.373 e. The maximum atomic E-state index is 4.29. The Balaban J connectivity index is 0.000000192. The summed E-state index contributed by atoms with van der Waals surface area (Å²) in [6.45, 7) is 10.4. The summed E-state index contributed by atoms with van der Waals surface area (Å²) in [5, 5.41) is 5.32. The van der Waals surface area contributed by atoms with Gasteiger partial charge in [-0.15, -0.1) is 0 Å². The summed E-state index contributed by atoms with van der Waals surface area (Å²) >= 11 is 1.53. The van der Waals surface area contributed by atoms with Crippen molar-refractivity contribution < 1.29 is 0 Å². The molecule has 0 spiro atoms. The predicted octanol–water partition coefficient (Wildman–Crippen LogP) is 6.85. The lowest BCUT2D eigenvalue weighted by Crippen LogP contribution is -2.30. The average Bonchev–Trinajstić information content (AvgIpc) is 2.88. The summed E-state index contributed by atoms with van der Waals surface area (Å²) in [6.07, 6.45) is 7.71. The Hall–Kier alpha value is -2.89. The van der Waals surface area contributed by atoms with E-state index in [4.69, 9.17) is 0 Å². The maximum Gasteiger partial charge on any atom is 0.126 e. The van der Waals surface area contributed by atoms with Crippen LogP contribution in [0.15, 0.2) is 72.9 Å². The highest BCUT2D eigenvalue weighted by molar-refractivity contribution is 8.20. The smallest absolute Gasteiger partial charge is 0.126 e. The predicted molar refractivity (Wildman–Crippen MR) is 153 cm³/mol. The van der Waals surface area contributed by atoms with E-state index < -0.39 is 0 Å². The van der Waals surface area contributed by atoms with Gasteiger partial charge >= 0.3 is 0 Å². The first kappa shape index (κ1) is 25.7. The van der Waals surface area contributed by atoms with Gasteiger partial charge in [0.1, 0.15) is 5.82 Å². The van der Waals surface area contributed by atoms with Crippen LogP contribution in [0.5, 0.6) is 0 Å². The Kier molecular flexibility index (Phi) is 9.92. The molecule has 2 aromatic carbocycles. The average molecular weight is 473 g/mol. The number of pyridine rings is 1. The molecule has 0 saturated carbocycles. The third kappa shape index (κ3) is 7.57. The molecular weight excluding hydrogens is 436 g/mol.